The number of halogens is 2. The van der Waals surface area contributed by atoms with Crippen LogP contribution in [-0.2, 0) is 6.54 Å². The van der Waals surface area contributed by atoms with E-state index >= 15 is 0 Å². The minimum absolute atomic E-state index is 0.408. The third-order valence-corrected chi connectivity index (χ3v) is 3.76. The van der Waals surface area contributed by atoms with Gasteiger partial charge in [0.15, 0.2) is 0 Å². The number of nitrogens with zero attached hydrogens (tertiary/aromatic N) is 2. The van der Waals surface area contributed by atoms with Crippen molar-refractivity contribution in [1.82, 2.24) is 9.88 Å². The summed E-state index contributed by atoms with van der Waals surface area (Å²) in [5, 5.41) is 11.2. The fourth-order valence-corrected chi connectivity index (χ4v) is 3.17. The fraction of sp³-hybridized carbons (Fsp3) is 0.615. The van der Waals surface area contributed by atoms with E-state index in [1.54, 1.807) is 0 Å². The van der Waals surface area contributed by atoms with Gasteiger partial charge in [0.05, 0.1) is 5.60 Å². The number of hydrogen-bond donors (Lipinski definition) is 1. The molecule has 1 aliphatic rings. The number of pyridine rings is 1. The molecule has 100 valence electrons. The molecule has 3 nitrogen and oxygen atoms in total. The molecule has 1 aliphatic carbocycles. The number of aromatic nitrogens is 1. The van der Waals surface area contributed by atoms with Crippen molar-refractivity contribution in [3.63, 3.8) is 0 Å². The molecule has 1 aromatic rings. The van der Waals surface area contributed by atoms with Gasteiger partial charge in [-0.15, -0.1) is 0 Å². The molecule has 0 saturated heterocycles. The van der Waals surface area contributed by atoms with E-state index in [9.17, 15) is 5.11 Å². The Hall–Kier alpha value is -0.350. The molecule has 1 heterocycles. The van der Waals surface area contributed by atoms with Gasteiger partial charge in [-0.3, -0.25) is 4.90 Å². The van der Waals surface area contributed by atoms with Crippen LogP contribution in [0.3, 0.4) is 0 Å². The molecule has 1 fully saturated rings. The largest absolute Gasteiger partial charge is 0.389 e. The van der Waals surface area contributed by atoms with Crippen LogP contribution in [0.4, 0.5) is 0 Å². The van der Waals surface area contributed by atoms with Crippen molar-refractivity contribution < 1.29 is 5.11 Å². The number of likely N-dealkylation sites (N-methyl/N-ethyl adjacent to an activating group) is 1. The maximum atomic E-state index is 10.3. The van der Waals surface area contributed by atoms with E-state index < -0.39 is 5.60 Å². The summed E-state index contributed by atoms with van der Waals surface area (Å²) in [6, 6.07) is 3.62. The molecule has 0 bridgehead atoms. The number of aliphatic hydroxyl groups is 1. The minimum atomic E-state index is -0.518. The van der Waals surface area contributed by atoms with Gasteiger partial charge in [-0.05, 0) is 37.6 Å². The predicted octanol–water partition coefficient (Wildman–Crippen LogP) is 3.13. The molecule has 0 spiro atoms. The predicted molar refractivity (Wildman–Crippen MR) is 74.0 cm³/mol. The highest BCUT2D eigenvalue weighted by molar-refractivity contribution is 6.32. The van der Waals surface area contributed by atoms with Crippen molar-refractivity contribution in [2.24, 2.45) is 0 Å². The molecule has 2 rings (SSSR count). The first-order valence-electron chi connectivity index (χ1n) is 6.20. The SMILES string of the molecule is CN(Cc1cc(Cl)nc(Cl)c1)CC1(O)CCCC1. The summed E-state index contributed by atoms with van der Waals surface area (Å²) in [7, 11) is 2.00. The Balaban J connectivity index is 1.96. The Bertz CT molecular complexity index is 399. The van der Waals surface area contributed by atoms with Crippen molar-refractivity contribution in [2.75, 3.05) is 13.6 Å². The molecule has 0 aliphatic heterocycles. The molecule has 0 unspecified atom stereocenters. The first-order chi connectivity index (χ1) is 8.47. The fourth-order valence-electron chi connectivity index (χ4n) is 2.67. The van der Waals surface area contributed by atoms with Crippen LogP contribution in [0.15, 0.2) is 12.1 Å². The average Bonchev–Trinajstić information content (AvgIpc) is 2.62. The molecule has 0 aromatic carbocycles. The zero-order valence-electron chi connectivity index (χ0n) is 10.5. The van der Waals surface area contributed by atoms with E-state index in [0.29, 0.717) is 23.4 Å². The van der Waals surface area contributed by atoms with Crippen LogP contribution in [0.25, 0.3) is 0 Å². The zero-order valence-corrected chi connectivity index (χ0v) is 12.0. The van der Waals surface area contributed by atoms with Gasteiger partial charge in [0, 0.05) is 13.1 Å². The molecule has 18 heavy (non-hydrogen) atoms. The van der Waals surface area contributed by atoms with Gasteiger partial charge < -0.3 is 5.11 Å². The topological polar surface area (TPSA) is 36.4 Å². The lowest BCUT2D eigenvalue weighted by Crippen LogP contribution is -2.38. The van der Waals surface area contributed by atoms with Gasteiger partial charge in [0.25, 0.3) is 0 Å². The van der Waals surface area contributed by atoms with E-state index in [-0.39, 0.29) is 0 Å². The Morgan fingerprint density at radius 1 is 1.28 bits per heavy atom. The second-order valence-electron chi connectivity index (χ2n) is 5.22. The zero-order chi connectivity index (χ0) is 13.2. The summed E-state index contributed by atoms with van der Waals surface area (Å²) < 4.78 is 0. The number of hydrogen-bond acceptors (Lipinski definition) is 3. The van der Waals surface area contributed by atoms with Crippen LogP contribution < -0.4 is 0 Å². The van der Waals surface area contributed by atoms with Crippen LogP contribution in [-0.4, -0.2) is 34.2 Å². The van der Waals surface area contributed by atoms with Gasteiger partial charge in [0.2, 0.25) is 0 Å². The molecule has 1 aromatic heterocycles. The normalized spacial score (nSPS) is 18.5. The van der Waals surface area contributed by atoms with Gasteiger partial charge in [-0.1, -0.05) is 36.0 Å². The Labute approximate surface area is 118 Å². The van der Waals surface area contributed by atoms with Crippen LogP contribution in [0.2, 0.25) is 10.3 Å². The number of rotatable bonds is 4. The molecule has 0 amide bonds. The summed E-state index contributed by atoms with van der Waals surface area (Å²) in [5.41, 5.74) is 0.499. The Morgan fingerprint density at radius 2 is 1.83 bits per heavy atom. The summed E-state index contributed by atoms with van der Waals surface area (Å²) in [6.07, 6.45) is 4.04. The quantitative estimate of drug-likeness (QED) is 0.865. The van der Waals surface area contributed by atoms with E-state index in [0.717, 1.165) is 31.2 Å². The average molecular weight is 289 g/mol. The summed E-state index contributed by atoms with van der Waals surface area (Å²) in [5.74, 6) is 0. The van der Waals surface area contributed by atoms with Crippen LogP contribution >= 0.6 is 23.2 Å². The Morgan fingerprint density at radius 3 is 2.39 bits per heavy atom. The van der Waals surface area contributed by atoms with Crippen molar-refractivity contribution >= 4 is 23.2 Å². The van der Waals surface area contributed by atoms with Gasteiger partial charge >= 0.3 is 0 Å². The van der Waals surface area contributed by atoms with Gasteiger partial charge in [-0.25, -0.2) is 4.98 Å². The van der Waals surface area contributed by atoms with Gasteiger partial charge in [-0.2, -0.15) is 0 Å². The molecule has 0 radical (unpaired) electrons. The second-order valence-corrected chi connectivity index (χ2v) is 6.00. The second kappa shape index (κ2) is 5.74. The van der Waals surface area contributed by atoms with Crippen molar-refractivity contribution in [2.45, 2.75) is 37.8 Å². The standard InChI is InChI=1S/C13H18Cl2N2O/c1-17(9-13(18)4-2-3-5-13)8-10-6-11(14)16-12(15)7-10/h6-7,18H,2-5,8-9H2,1H3. The first-order valence-corrected chi connectivity index (χ1v) is 6.95. The van der Waals surface area contributed by atoms with Crippen LogP contribution in [0.5, 0.6) is 0 Å². The van der Waals surface area contributed by atoms with E-state index in [1.165, 1.54) is 0 Å². The molecular formula is C13H18Cl2N2O. The van der Waals surface area contributed by atoms with Crippen LogP contribution in [0.1, 0.15) is 31.2 Å². The molecule has 5 heteroatoms. The summed E-state index contributed by atoms with van der Waals surface area (Å²) >= 11 is 11.7. The summed E-state index contributed by atoms with van der Waals surface area (Å²) in [6.45, 7) is 1.40. The lowest BCUT2D eigenvalue weighted by molar-refractivity contribution is 0.0145. The maximum absolute atomic E-state index is 10.3. The van der Waals surface area contributed by atoms with Crippen molar-refractivity contribution in [3.05, 3.63) is 28.0 Å². The molecule has 1 saturated carbocycles. The van der Waals surface area contributed by atoms with E-state index in [1.807, 2.05) is 19.2 Å². The highest BCUT2D eigenvalue weighted by atomic mass is 35.5. The lowest BCUT2D eigenvalue weighted by atomic mass is 10.0. The Kier molecular flexibility index (Phi) is 4.49. The van der Waals surface area contributed by atoms with Crippen molar-refractivity contribution in [1.29, 1.82) is 0 Å². The highest BCUT2D eigenvalue weighted by Crippen LogP contribution is 2.30. The smallest absolute Gasteiger partial charge is 0.131 e. The first kappa shape index (κ1) is 14.1. The van der Waals surface area contributed by atoms with E-state index in [4.69, 9.17) is 23.2 Å². The molecular weight excluding hydrogens is 271 g/mol. The third-order valence-electron chi connectivity index (χ3n) is 3.37. The van der Waals surface area contributed by atoms with Crippen molar-refractivity contribution in [3.8, 4) is 0 Å². The van der Waals surface area contributed by atoms with E-state index in [2.05, 4.69) is 9.88 Å². The molecule has 1 N–H and O–H groups in total. The minimum Gasteiger partial charge on any atom is -0.389 e. The molecule has 0 atom stereocenters. The summed E-state index contributed by atoms with van der Waals surface area (Å²) in [4.78, 5) is 6.03. The highest BCUT2D eigenvalue weighted by Gasteiger charge is 2.32. The monoisotopic (exact) mass is 288 g/mol. The van der Waals surface area contributed by atoms with Gasteiger partial charge in [0.1, 0.15) is 10.3 Å². The lowest BCUT2D eigenvalue weighted by Gasteiger charge is -2.28. The maximum Gasteiger partial charge on any atom is 0.131 e. The third kappa shape index (κ3) is 3.82. The van der Waals surface area contributed by atoms with Crippen LogP contribution in [0, 0.1) is 0 Å².